The summed E-state index contributed by atoms with van der Waals surface area (Å²) >= 11 is 1.54. The lowest BCUT2D eigenvalue weighted by Crippen LogP contribution is -2.19. The number of nitrogens with zero attached hydrogens (tertiary/aromatic N) is 3. The molecular formula is C20H16FN3OS. The van der Waals surface area contributed by atoms with Gasteiger partial charge in [-0.1, -0.05) is 30.3 Å². The average Bonchev–Trinajstić information content (AvgIpc) is 3.16. The molecule has 0 spiro atoms. The number of para-hydroxylation sites is 2. The van der Waals surface area contributed by atoms with Crippen molar-refractivity contribution in [2.45, 2.75) is 6.54 Å². The smallest absolute Gasteiger partial charge is 0.146 e. The number of hydrogen-bond acceptors (Lipinski definition) is 5. The minimum absolute atomic E-state index is 0.301. The van der Waals surface area contributed by atoms with E-state index in [-0.39, 0.29) is 5.82 Å². The minimum atomic E-state index is -0.301. The average molecular weight is 365 g/mol. The van der Waals surface area contributed by atoms with Crippen LogP contribution in [-0.4, -0.2) is 17.1 Å². The van der Waals surface area contributed by atoms with Crippen LogP contribution in [0.1, 0.15) is 5.56 Å². The van der Waals surface area contributed by atoms with E-state index in [1.54, 1.807) is 19.2 Å². The van der Waals surface area contributed by atoms with Gasteiger partial charge < -0.3 is 9.64 Å². The zero-order chi connectivity index (χ0) is 17.9. The van der Waals surface area contributed by atoms with E-state index in [0.29, 0.717) is 18.1 Å². The molecule has 130 valence electrons. The van der Waals surface area contributed by atoms with Gasteiger partial charge in [-0.2, -0.15) is 0 Å². The third-order valence-electron chi connectivity index (χ3n) is 4.16. The van der Waals surface area contributed by atoms with Gasteiger partial charge in [0, 0.05) is 5.56 Å². The summed E-state index contributed by atoms with van der Waals surface area (Å²) in [5.74, 6) is 1.13. The second kappa shape index (κ2) is 7.09. The highest BCUT2D eigenvalue weighted by atomic mass is 32.1. The summed E-state index contributed by atoms with van der Waals surface area (Å²) in [7, 11) is 1.63. The molecule has 4 rings (SSSR count). The van der Waals surface area contributed by atoms with E-state index < -0.39 is 0 Å². The third-order valence-corrected chi connectivity index (χ3v) is 4.98. The number of thiophene rings is 1. The highest BCUT2D eigenvalue weighted by molar-refractivity contribution is 7.16. The first kappa shape index (κ1) is 16.5. The van der Waals surface area contributed by atoms with Crippen LogP contribution >= 0.6 is 11.3 Å². The second-order valence-electron chi connectivity index (χ2n) is 5.69. The van der Waals surface area contributed by atoms with Gasteiger partial charge >= 0.3 is 0 Å². The number of aromatic nitrogens is 2. The molecule has 0 aliphatic heterocycles. The maximum Gasteiger partial charge on any atom is 0.146 e. The Morgan fingerprint density at radius 2 is 1.85 bits per heavy atom. The molecule has 0 bridgehead atoms. The fourth-order valence-electron chi connectivity index (χ4n) is 2.94. The van der Waals surface area contributed by atoms with Gasteiger partial charge in [0.1, 0.15) is 28.5 Å². The zero-order valence-electron chi connectivity index (χ0n) is 14.1. The molecule has 0 saturated carbocycles. The van der Waals surface area contributed by atoms with E-state index in [1.807, 2.05) is 46.7 Å². The van der Waals surface area contributed by atoms with Crippen LogP contribution in [0, 0.1) is 5.82 Å². The summed E-state index contributed by atoms with van der Waals surface area (Å²) in [6.07, 6.45) is 1.52. The standard InChI is InChI=1S/C20H16FN3OS/c1-25-18-9-5-2-6-14(18)12-24(17-8-4-3-7-16(17)21)19-15-10-11-26-20(15)23-13-22-19/h2-11,13H,12H2,1H3. The number of hydrogen-bond donors (Lipinski definition) is 0. The number of fused-ring (bicyclic) bond motifs is 1. The predicted octanol–water partition coefficient (Wildman–Crippen LogP) is 5.18. The van der Waals surface area contributed by atoms with Crippen molar-refractivity contribution in [3.63, 3.8) is 0 Å². The van der Waals surface area contributed by atoms with Crippen molar-refractivity contribution in [3.05, 3.63) is 77.7 Å². The number of ether oxygens (including phenoxy) is 1. The fourth-order valence-corrected chi connectivity index (χ4v) is 3.67. The number of halogens is 1. The van der Waals surface area contributed by atoms with Gasteiger partial charge in [0.25, 0.3) is 0 Å². The maximum atomic E-state index is 14.6. The predicted molar refractivity (Wildman–Crippen MR) is 103 cm³/mol. The van der Waals surface area contributed by atoms with Gasteiger partial charge in [0.05, 0.1) is 24.7 Å². The van der Waals surface area contributed by atoms with E-state index in [1.165, 1.54) is 23.7 Å². The van der Waals surface area contributed by atoms with Gasteiger partial charge in [-0.3, -0.25) is 0 Å². The molecule has 2 aromatic heterocycles. The van der Waals surface area contributed by atoms with Gasteiger partial charge in [-0.25, -0.2) is 14.4 Å². The minimum Gasteiger partial charge on any atom is -0.496 e. The number of anilines is 2. The van der Waals surface area contributed by atoms with E-state index in [0.717, 1.165) is 21.5 Å². The van der Waals surface area contributed by atoms with Crippen LogP contribution in [0.5, 0.6) is 5.75 Å². The lowest BCUT2D eigenvalue weighted by Gasteiger charge is -2.25. The molecule has 6 heteroatoms. The van der Waals surface area contributed by atoms with E-state index in [9.17, 15) is 4.39 Å². The van der Waals surface area contributed by atoms with Gasteiger partial charge in [-0.15, -0.1) is 11.3 Å². The first-order valence-corrected chi connectivity index (χ1v) is 8.98. The molecule has 0 radical (unpaired) electrons. The molecule has 0 atom stereocenters. The van der Waals surface area contributed by atoms with E-state index >= 15 is 0 Å². The van der Waals surface area contributed by atoms with Crippen LogP contribution in [0.2, 0.25) is 0 Å². The van der Waals surface area contributed by atoms with Crippen molar-refractivity contribution in [2.75, 3.05) is 12.0 Å². The Hall–Kier alpha value is -2.99. The highest BCUT2D eigenvalue weighted by Gasteiger charge is 2.20. The Morgan fingerprint density at radius 3 is 2.69 bits per heavy atom. The van der Waals surface area contributed by atoms with Crippen molar-refractivity contribution < 1.29 is 9.13 Å². The Kier molecular flexibility index (Phi) is 4.50. The first-order chi connectivity index (χ1) is 12.8. The van der Waals surface area contributed by atoms with Crippen LogP contribution in [0.25, 0.3) is 10.2 Å². The highest BCUT2D eigenvalue weighted by Crippen LogP contribution is 2.35. The summed E-state index contributed by atoms with van der Waals surface area (Å²) in [6.45, 7) is 0.424. The molecule has 26 heavy (non-hydrogen) atoms. The topological polar surface area (TPSA) is 38.2 Å². The monoisotopic (exact) mass is 365 g/mol. The quantitative estimate of drug-likeness (QED) is 0.489. The molecule has 2 aromatic carbocycles. The first-order valence-electron chi connectivity index (χ1n) is 8.10. The Balaban J connectivity index is 1.88. The van der Waals surface area contributed by atoms with Gasteiger partial charge in [0.2, 0.25) is 0 Å². The van der Waals surface area contributed by atoms with Crippen molar-refractivity contribution >= 4 is 33.1 Å². The molecule has 0 saturated heterocycles. The summed E-state index contributed by atoms with van der Waals surface area (Å²) in [5, 5.41) is 2.86. The van der Waals surface area contributed by atoms with Crippen LogP contribution in [0.4, 0.5) is 15.9 Å². The van der Waals surface area contributed by atoms with Crippen molar-refractivity contribution in [2.24, 2.45) is 0 Å². The molecule has 0 aliphatic carbocycles. The van der Waals surface area contributed by atoms with Crippen molar-refractivity contribution in [3.8, 4) is 5.75 Å². The molecule has 0 unspecified atom stereocenters. The van der Waals surface area contributed by atoms with Gasteiger partial charge in [0.15, 0.2) is 0 Å². The van der Waals surface area contributed by atoms with Crippen molar-refractivity contribution in [1.29, 1.82) is 0 Å². The molecule has 0 N–H and O–H groups in total. The summed E-state index contributed by atoms with van der Waals surface area (Å²) in [6, 6.07) is 16.4. The SMILES string of the molecule is COc1ccccc1CN(c1ccccc1F)c1ncnc2sccc12. The van der Waals surface area contributed by atoms with Crippen molar-refractivity contribution in [1.82, 2.24) is 9.97 Å². The van der Waals surface area contributed by atoms with Gasteiger partial charge in [-0.05, 0) is 29.6 Å². The molecule has 2 heterocycles. The van der Waals surface area contributed by atoms with Crippen LogP contribution in [0.15, 0.2) is 66.3 Å². The van der Waals surface area contributed by atoms with E-state index in [4.69, 9.17) is 4.74 Å². The lowest BCUT2D eigenvalue weighted by molar-refractivity contribution is 0.409. The normalized spacial score (nSPS) is 10.8. The fraction of sp³-hybridized carbons (Fsp3) is 0.100. The second-order valence-corrected chi connectivity index (χ2v) is 6.58. The Bertz CT molecular complexity index is 1050. The van der Waals surface area contributed by atoms with Crippen LogP contribution < -0.4 is 9.64 Å². The van der Waals surface area contributed by atoms with Crippen LogP contribution in [-0.2, 0) is 6.54 Å². The maximum absolute atomic E-state index is 14.6. The largest absolute Gasteiger partial charge is 0.496 e. The Labute approximate surface area is 154 Å². The third kappa shape index (κ3) is 2.99. The zero-order valence-corrected chi connectivity index (χ0v) is 14.9. The number of methoxy groups -OCH3 is 1. The summed E-state index contributed by atoms with van der Waals surface area (Å²) in [5.41, 5.74) is 1.41. The lowest BCUT2D eigenvalue weighted by atomic mass is 10.1. The Morgan fingerprint density at radius 1 is 1.04 bits per heavy atom. The molecule has 4 aromatic rings. The summed E-state index contributed by atoms with van der Waals surface area (Å²) in [4.78, 5) is 11.5. The number of benzene rings is 2. The molecule has 0 amide bonds. The van der Waals surface area contributed by atoms with E-state index in [2.05, 4.69) is 9.97 Å². The molecule has 0 fully saturated rings. The van der Waals surface area contributed by atoms with Crippen LogP contribution in [0.3, 0.4) is 0 Å². The molecular weight excluding hydrogens is 349 g/mol. The number of rotatable bonds is 5. The molecule has 4 nitrogen and oxygen atoms in total. The summed E-state index contributed by atoms with van der Waals surface area (Å²) < 4.78 is 20.1. The molecule has 0 aliphatic rings.